The second kappa shape index (κ2) is 7.02. The number of hydrogen-bond donors (Lipinski definition) is 1. The normalized spacial score (nSPS) is 21.4. The highest BCUT2D eigenvalue weighted by molar-refractivity contribution is 5.97. The van der Waals surface area contributed by atoms with E-state index in [1.54, 1.807) is 12.3 Å². The van der Waals surface area contributed by atoms with Gasteiger partial charge in [0.2, 0.25) is 0 Å². The SMILES string of the molecule is CC1CCN(C(=O)c2cncc(-c3ccc4c(c3)CCO4)c2)C(C(=O)O)C1. The Morgan fingerprint density at radius 3 is 2.89 bits per heavy atom. The van der Waals surface area contributed by atoms with E-state index in [1.165, 1.54) is 11.1 Å². The lowest BCUT2D eigenvalue weighted by Crippen LogP contribution is -2.49. The number of fused-ring (bicyclic) bond motifs is 1. The number of hydrogen-bond acceptors (Lipinski definition) is 4. The van der Waals surface area contributed by atoms with E-state index in [0.717, 1.165) is 35.3 Å². The second-order valence-electron chi connectivity index (χ2n) is 7.37. The van der Waals surface area contributed by atoms with Crippen LogP contribution in [0.5, 0.6) is 5.75 Å². The van der Waals surface area contributed by atoms with Gasteiger partial charge in [-0.2, -0.15) is 0 Å². The fourth-order valence-corrected chi connectivity index (χ4v) is 3.87. The number of aliphatic carboxylic acids is 1. The monoisotopic (exact) mass is 366 g/mol. The van der Waals surface area contributed by atoms with Crippen molar-refractivity contribution in [2.75, 3.05) is 13.2 Å². The molecule has 4 rings (SSSR count). The Bertz CT molecular complexity index is 896. The molecule has 0 radical (unpaired) electrons. The summed E-state index contributed by atoms with van der Waals surface area (Å²) in [4.78, 5) is 30.3. The van der Waals surface area contributed by atoms with E-state index >= 15 is 0 Å². The summed E-state index contributed by atoms with van der Waals surface area (Å²) in [6, 6.07) is 6.98. The topological polar surface area (TPSA) is 79.7 Å². The maximum atomic E-state index is 13.0. The molecule has 140 valence electrons. The molecule has 0 bridgehead atoms. The van der Waals surface area contributed by atoms with Crippen molar-refractivity contribution in [1.29, 1.82) is 0 Å². The van der Waals surface area contributed by atoms with Gasteiger partial charge in [0.1, 0.15) is 11.8 Å². The summed E-state index contributed by atoms with van der Waals surface area (Å²) >= 11 is 0. The minimum absolute atomic E-state index is 0.270. The van der Waals surface area contributed by atoms with Crippen molar-refractivity contribution < 1.29 is 19.4 Å². The zero-order valence-corrected chi connectivity index (χ0v) is 15.2. The highest BCUT2D eigenvalue weighted by Gasteiger charge is 2.35. The summed E-state index contributed by atoms with van der Waals surface area (Å²) in [6.07, 6.45) is 5.41. The minimum Gasteiger partial charge on any atom is -0.493 e. The molecule has 2 unspecified atom stereocenters. The Morgan fingerprint density at radius 2 is 2.07 bits per heavy atom. The largest absolute Gasteiger partial charge is 0.493 e. The standard InChI is InChI=1S/C21H22N2O4/c1-13-4-6-23(18(8-13)21(25)26)20(24)17-10-16(11-22-12-17)14-2-3-19-15(9-14)5-7-27-19/h2-3,9-13,18H,4-8H2,1H3,(H,25,26). The van der Waals surface area contributed by atoms with Crippen molar-refractivity contribution in [2.24, 2.45) is 5.92 Å². The van der Waals surface area contributed by atoms with E-state index in [1.807, 2.05) is 19.1 Å². The van der Waals surface area contributed by atoms with Gasteiger partial charge < -0.3 is 14.7 Å². The van der Waals surface area contributed by atoms with Crippen molar-refractivity contribution >= 4 is 11.9 Å². The van der Waals surface area contributed by atoms with Crippen molar-refractivity contribution in [1.82, 2.24) is 9.88 Å². The first-order valence-corrected chi connectivity index (χ1v) is 9.28. The number of carbonyl (C=O) groups excluding carboxylic acids is 1. The molecule has 2 aliphatic heterocycles. The Balaban J connectivity index is 1.62. The first-order chi connectivity index (χ1) is 13.0. The maximum absolute atomic E-state index is 13.0. The van der Waals surface area contributed by atoms with E-state index < -0.39 is 12.0 Å². The number of piperidine rings is 1. The van der Waals surface area contributed by atoms with Crippen LogP contribution in [0.4, 0.5) is 0 Å². The number of aromatic nitrogens is 1. The summed E-state index contributed by atoms with van der Waals surface area (Å²) in [5.74, 6) is -0.00954. The van der Waals surface area contributed by atoms with Crippen LogP contribution in [0, 0.1) is 5.92 Å². The zero-order valence-electron chi connectivity index (χ0n) is 15.2. The number of amides is 1. The lowest BCUT2D eigenvalue weighted by Gasteiger charge is -2.36. The summed E-state index contributed by atoms with van der Waals surface area (Å²) < 4.78 is 5.54. The van der Waals surface area contributed by atoms with E-state index in [9.17, 15) is 14.7 Å². The van der Waals surface area contributed by atoms with Gasteiger partial charge in [-0.3, -0.25) is 9.78 Å². The number of ether oxygens (including phenoxy) is 1. The van der Waals surface area contributed by atoms with Crippen molar-refractivity contribution in [3.05, 3.63) is 47.8 Å². The third-order valence-electron chi connectivity index (χ3n) is 5.42. The number of likely N-dealkylation sites (tertiary alicyclic amines) is 1. The molecule has 1 aromatic heterocycles. The van der Waals surface area contributed by atoms with Crippen molar-refractivity contribution in [2.45, 2.75) is 32.2 Å². The summed E-state index contributed by atoms with van der Waals surface area (Å²) in [6.45, 7) is 3.17. The molecule has 2 aromatic rings. The summed E-state index contributed by atoms with van der Waals surface area (Å²) in [5.41, 5.74) is 3.39. The van der Waals surface area contributed by atoms with Crippen LogP contribution in [-0.2, 0) is 11.2 Å². The van der Waals surface area contributed by atoms with E-state index in [0.29, 0.717) is 31.1 Å². The van der Waals surface area contributed by atoms with Crippen LogP contribution in [0.3, 0.4) is 0 Å². The van der Waals surface area contributed by atoms with Crippen LogP contribution < -0.4 is 4.74 Å². The highest BCUT2D eigenvalue weighted by atomic mass is 16.5. The number of carboxylic acid groups (broad SMARTS) is 1. The highest BCUT2D eigenvalue weighted by Crippen LogP contribution is 2.31. The number of carbonyl (C=O) groups is 2. The first kappa shape index (κ1) is 17.5. The summed E-state index contributed by atoms with van der Waals surface area (Å²) in [5, 5.41) is 9.52. The molecule has 6 heteroatoms. The van der Waals surface area contributed by atoms with Crippen molar-refractivity contribution in [3.63, 3.8) is 0 Å². The Kier molecular flexibility index (Phi) is 4.56. The first-order valence-electron chi connectivity index (χ1n) is 9.28. The van der Waals surface area contributed by atoms with Gasteiger partial charge >= 0.3 is 5.97 Å². The average Bonchev–Trinajstić information content (AvgIpc) is 3.15. The quantitative estimate of drug-likeness (QED) is 0.903. The summed E-state index contributed by atoms with van der Waals surface area (Å²) in [7, 11) is 0. The molecule has 1 fully saturated rings. The third-order valence-corrected chi connectivity index (χ3v) is 5.42. The Labute approximate surface area is 157 Å². The second-order valence-corrected chi connectivity index (χ2v) is 7.37. The minimum atomic E-state index is -0.947. The molecule has 0 spiro atoms. The van der Waals surface area contributed by atoms with Crippen LogP contribution >= 0.6 is 0 Å². The molecule has 6 nitrogen and oxygen atoms in total. The average molecular weight is 366 g/mol. The van der Waals surface area contributed by atoms with Crippen LogP contribution in [0.1, 0.15) is 35.7 Å². The van der Waals surface area contributed by atoms with Crippen LogP contribution in [0.25, 0.3) is 11.1 Å². The molecule has 1 saturated heterocycles. The van der Waals surface area contributed by atoms with Gasteiger partial charge in [0.25, 0.3) is 5.91 Å². The Morgan fingerprint density at radius 1 is 1.22 bits per heavy atom. The number of rotatable bonds is 3. The number of nitrogens with zero attached hydrogens (tertiary/aromatic N) is 2. The van der Waals surface area contributed by atoms with Crippen LogP contribution in [0.15, 0.2) is 36.7 Å². The molecule has 27 heavy (non-hydrogen) atoms. The number of carboxylic acids is 1. The molecule has 2 atom stereocenters. The molecular formula is C21H22N2O4. The molecule has 1 aromatic carbocycles. The van der Waals surface area contributed by atoms with Crippen LogP contribution in [-0.4, -0.2) is 46.1 Å². The fourth-order valence-electron chi connectivity index (χ4n) is 3.87. The van der Waals surface area contributed by atoms with Gasteiger partial charge in [-0.05, 0) is 48.1 Å². The van der Waals surface area contributed by atoms with Gasteiger partial charge in [0.05, 0.1) is 12.2 Å². The number of benzene rings is 1. The van der Waals surface area contributed by atoms with Crippen LogP contribution in [0.2, 0.25) is 0 Å². The predicted molar refractivity (Wildman–Crippen MR) is 99.7 cm³/mol. The molecule has 0 saturated carbocycles. The van der Waals surface area contributed by atoms with E-state index in [4.69, 9.17) is 4.74 Å². The maximum Gasteiger partial charge on any atom is 0.326 e. The van der Waals surface area contributed by atoms with Gasteiger partial charge in [-0.25, -0.2) is 4.79 Å². The molecule has 3 heterocycles. The van der Waals surface area contributed by atoms with Gasteiger partial charge in [0.15, 0.2) is 0 Å². The zero-order chi connectivity index (χ0) is 19.0. The smallest absolute Gasteiger partial charge is 0.326 e. The van der Waals surface area contributed by atoms with Gasteiger partial charge in [-0.1, -0.05) is 13.0 Å². The van der Waals surface area contributed by atoms with E-state index in [-0.39, 0.29) is 5.91 Å². The fraction of sp³-hybridized carbons (Fsp3) is 0.381. The van der Waals surface area contributed by atoms with E-state index in [2.05, 4.69) is 11.1 Å². The third kappa shape index (κ3) is 3.39. The molecular weight excluding hydrogens is 344 g/mol. The molecule has 2 aliphatic rings. The Hall–Kier alpha value is -2.89. The van der Waals surface area contributed by atoms with Gasteiger partial charge in [-0.15, -0.1) is 0 Å². The lowest BCUT2D eigenvalue weighted by molar-refractivity contribution is -0.144. The van der Waals surface area contributed by atoms with Gasteiger partial charge in [0, 0.05) is 30.9 Å². The lowest BCUT2D eigenvalue weighted by atomic mass is 9.92. The predicted octanol–water partition coefficient (Wildman–Crippen LogP) is 3.01. The molecule has 1 N–H and O–H groups in total. The van der Waals surface area contributed by atoms with Crippen molar-refractivity contribution in [3.8, 4) is 16.9 Å². The number of pyridine rings is 1. The molecule has 0 aliphatic carbocycles. The molecule has 1 amide bonds.